The predicted octanol–water partition coefficient (Wildman–Crippen LogP) is 9.28. The van der Waals surface area contributed by atoms with Gasteiger partial charge in [0.25, 0.3) is 0 Å². The summed E-state index contributed by atoms with van der Waals surface area (Å²) in [5.74, 6) is 5.78. The van der Waals surface area contributed by atoms with Gasteiger partial charge in [0.1, 0.15) is 6.07 Å². The van der Waals surface area contributed by atoms with E-state index in [2.05, 4.69) is 66.5 Å². The summed E-state index contributed by atoms with van der Waals surface area (Å²) in [5, 5.41) is 10.5. The standard InChI is InChI=1S/C41H33N5/c1-41(22-31-20-30-21-32(23-41)36(30)31)33-16-13-26(14-17-33)25-9-11-28(12-10-25)39-44-38(27-6-3-2-4-7-27)45-40(46-39)35-18-15-29(24-42)37-34(35)8-5-19-43-37/h2-19,30-32,36H,20-23H2,1H3/t30-,31+,32-,36?,41?. The van der Waals surface area contributed by atoms with Gasteiger partial charge in [0.15, 0.2) is 17.5 Å². The lowest BCUT2D eigenvalue weighted by atomic mass is 9.39. The number of nitriles is 1. The van der Waals surface area contributed by atoms with Crippen LogP contribution in [0.15, 0.2) is 109 Å². The first-order valence-corrected chi connectivity index (χ1v) is 16.4. The average Bonchev–Trinajstić information content (AvgIpc) is 3.09. The SMILES string of the molecule is CC1(c2ccc(-c3ccc(-c4nc(-c5ccccc5)nc(-c5ccc(C#N)c6ncccc56)n4)cc3)cc2)C[C@H]2C[C@H]3C[C@@H](C1)C32. The molecule has 2 heterocycles. The highest BCUT2D eigenvalue weighted by Crippen LogP contribution is 2.67. The lowest BCUT2D eigenvalue weighted by Crippen LogP contribution is -2.58. The molecule has 222 valence electrons. The van der Waals surface area contributed by atoms with Crippen molar-refractivity contribution in [3.8, 4) is 51.4 Å². The van der Waals surface area contributed by atoms with Gasteiger partial charge in [-0.2, -0.15) is 5.26 Å². The lowest BCUT2D eigenvalue weighted by molar-refractivity contribution is -0.141. The van der Waals surface area contributed by atoms with Crippen LogP contribution in [0.25, 0.3) is 56.2 Å². The molecule has 3 aliphatic rings. The molecule has 46 heavy (non-hydrogen) atoms. The Morgan fingerprint density at radius 3 is 1.89 bits per heavy atom. The van der Waals surface area contributed by atoms with Gasteiger partial charge in [-0.3, -0.25) is 4.98 Å². The summed E-state index contributed by atoms with van der Waals surface area (Å²) < 4.78 is 0. The van der Waals surface area contributed by atoms with Crippen LogP contribution in [0.3, 0.4) is 0 Å². The monoisotopic (exact) mass is 595 g/mol. The smallest absolute Gasteiger partial charge is 0.164 e. The molecular weight excluding hydrogens is 562 g/mol. The fourth-order valence-corrected chi connectivity index (χ4v) is 8.86. The summed E-state index contributed by atoms with van der Waals surface area (Å²) in [4.78, 5) is 19.3. The first-order valence-electron chi connectivity index (χ1n) is 16.4. The van der Waals surface area contributed by atoms with Crippen LogP contribution in [-0.2, 0) is 5.41 Å². The van der Waals surface area contributed by atoms with Crippen molar-refractivity contribution in [3.63, 3.8) is 0 Å². The first kappa shape index (κ1) is 27.1. The second-order valence-corrected chi connectivity index (χ2v) is 13.8. The van der Waals surface area contributed by atoms with Crippen LogP contribution in [0.2, 0.25) is 0 Å². The molecule has 2 aromatic heterocycles. The van der Waals surface area contributed by atoms with Gasteiger partial charge in [0.2, 0.25) is 0 Å². The molecule has 9 rings (SSSR count). The Labute approximate surface area is 269 Å². The minimum atomic E-state index is 0.308. The van der Waals surface area contributed by atoms with Crippen LogP contribution >= 0.6 is 0 Å². The zero-order valence-electron chi connectivity index (χ0n) is 25.8. The zero-order chi connectivity index (χ0) is 30.8. The molecule has 0 radical (unpaired) electrons. The van der Waals surface area contributed by atoms with Crippen molar-refractivity contribution in [3.05, 3.63) is 120 Å². The Morgan fingerprint density at radius 1 is 0.630 bits per heavy atom. The van der Waals surface area contributed by atoms with Gasteiger partial charge in [-0.15, -0.1) is 0 Å². The predicted molar refractivity (Wildman–Crippen MR) is 181 cm³/mol. The minimum Gasteiger partial charge on any atom is -0.255 e. The van der Waals surface area contributed by atoms with Crippen molar-refractivity contribution in [2.24, 2.45) is 23.7 Å². The van der Waals surface area contributed by atoms with Crippen molar-refractivity contribution in [2.75, 3.05) is 0 Å². The van der Waals surface area contributed by atoms with Gasteiger partial charge < -0.3 is 0 Å². The number of hydrogen-bond acceptors (Lipinski definition) is 5. The third kappa shape index (κ3) is 4.35. The fraction of sp³-hybridized carbons (Fsp3) is 0.244. The number of hydrogen-bond donors (Lipinski definition) is 0. The van der Waals surface area contributed by atoms with E-state index in [1.54, 1.807) is 12.3 Å². The molecule has 0 N–H and O–H groups in total. The molecule has 0 spiro atoms. The van der Waals surface area contributed by atoms with Crippen LogP contribution in [0.4, 0.5) is 0 Å². The number of pyridine rings is 1. The van der Waals surface area contributed by atoms with E-state index in [0.29, 0.717) is 34.0 Å². The molecule has 2 unspecified atom stereocenters. The number of rotatable bonds is 5. The molecule has 5 heteroatoms. The van der Waals surface area contributed by atoms with Gasteiger partial charge in [0.05, 0.1) is 11.1 Å². The van der Waals surface area contributed by atoms with Crippen LogP contribution in [0.1, 0.15) is 43.7 Å². The summed E-state index contributed by atoms with van der Waals surface area (Å²) in [7, 11) is 0. The number of benzene rings is 4. The molecule has 4 aromatic carbocycles. The van der Waals surface area contributed by atoms with Gasteiger partial charge >= 0.3 is 0 Å². The molecule has 0 amide bonds. The summed E-state index contributed by atoms with van der Waals surface area (Å²) >= 11 is 0. The maximum Gasteiger partial charge on any atom is 0.164 e. The fourth-order valence-electron chi connectivity index (χ4n) is 8.86. The highest BCUT2D eigenvalue weighted by Gasteiger charge is 2.59. The van der Waals surface area contributed by atoms with Crippen LogP contribution in [-0.4, -0.2) is 19.9 Å². The Hall–Kier alpha value is -5.21. The zero-order valence-corrected chi connectivity index (χ0v) is 25.8. The van der Waals surface area contributed by atoms with Crippen LogP contribution in [0, 0.1) is 35.0 Å². The van der Waals surface area contributed by atoms with E-state index in [0.717, 1.165) is 45.7 Å². The van der Waals surface area contributed by atoms with Crippen molar-refractivity contribution in [2.45, 2.75) is 38.0 Å². The van der Waals surface area contributed by atoms with E-state index in [-0.39, 0.29) is 0 Å². The number of aromatic nitrogens is 4. The van der Waals surface area contributed by atoms with Gasteiger partial charge in [-0.1, -0.05) is 91.9 Å². The molecule has 0 saturated heterocycles. The van der Waals surface area contributed by atoms with E-state index in [1.807, 2.05) is 48.5 Å². The Morgan fingerprint density at radius 2 is 1.24 bits per heavy atom. The summed E-state index contributed by atoms with van der Waals surface area (Å²) in [6.45, 7) is 2.50. The molecular formula is C41H33N5. The summed E-state index contributed by atoms with van der Waals surface area (Å²) in [5.41, 5.74) is 8.01. The third-order valence-electron chi connectivity index (χ3n) is 11.1. The number of fused-ring (bicyclic) bond motifs is 1. The average molecular weight is 596 g/mol. The Kier molecular flexibility index (Phi) is 6.15. The Bertz CT molecular complexity index is 2130. The van der Waals surface area contributed by atoms with E-state index in [4.69, 9.17) is 15.0 Å². The van der Waals surface area contributed by atoms with Crippen LogP contribution in [0.5, 0.6) is 0 Å². The Balaban J connectivity index is 1.06. The molecule has 6 aromatic rings. The van der Waals surface area contributed by atoms with E-state index in [9.17, 15) is 5.26 Å². The number of nitrogens with zero attached hydrogens (tertiary/aromatic N) is 5. The second kappa shape index (κ2) is 10.4. The second-order valence-electron chi connectivity index (χ2n) is 13.8. The molecule has 3 fully saturated rings. The topological polar surface area (TPSA) is 75.3 Å². The van der Waals surface area contributed by atoms with Crippen LogP contribution < -0.4 is 0 Å². The molecule has 5 atom stereocenters. The normalized spacial score (nSPS) is 24.3. The van der Waals surface area contributed by atoms with E-state index in [1.165, 1.54) is 42.4 Å². The van der Waals surface area contributed by atoms with Crippen molar-refractivity contribution >= 4 is 10.9 Å². The van der Waals surface area contributed by atoms with E-state index < -0.39 is 0 Å². The molecule has 0 aliphatic heterocycles. The first-order chi connectivity index (χ1) is 22.6. The molecule has 3 saturated carbocycles. The third-order valence-corrected chi connectivity index (χ3v) is 11.1. The quantitative estimate of drug-likeness (QED) is 0.199. The van der Waals surface area contributed by atoms with Crippen molar-refractivity contribution in [1.29, 1.82) is 5.26 Å². The summed E-state index contributed by atoms with van der Waals surface area (Å²) in [6, 6.07) is 37.6. The largest absolute Gasteiger partial charge is 0.255 e. The van der Waals surface area contributed by atoms with Crippen molar-refractivity contribution < 1.29 is 0 Å². The maximum absolute atomic E-state index is 9.67. The lowest BCUT2D eigenvalue weighted by Gasteiger charge is -2.65. The molecule has 5 nitrogen and oxygen atoms in total. The van der Waals surface area contributed by atoms with E-state index >= 15 is 0 Å². The highest BCUT2D eigenvalue weighted by atomic mass is 15.0. The van der Waals surface area contributed by atoms with Gasteiger partial charge in [0, 0.05) is 28.3 Å². The summed E-state index contributed by atoms with van der Waals surface area (Å²) in [6.07, 6.45) is 7.35. The maximum atomic E-state index is 9.67. The molecule has 3 aliphatic carbocycles. The minimum absolute atomic E-state index is 0.308. The van der Waals surface area contributed by atoms with Gasteiger partial charge in [-0.25, -0.2) is 15.0 Å². The molecule has 0 bridgehead atoms. The highest BCUT2D eigenvalue weighted by molar-refractivity contribution is 5.96. The van der Waals surface area contributed by atoms with Gasteiger partial charge in [-0.05, 0) is 89.7 Å². The van der Waals surface area contributed by atoms with Crippen molar-refractivity contribution in [1.82, 2.24) is 19.9 Å².